The zero-order valence-electron chi connectivity index (χ0n) is 14.0. The van der Waals surface area contributed by atoms with Crippen molar-refractivity contribution in [2.45, 2.75) is 4.34 Å². The lowest BCUT2D eigenvalue weighted by atomic mass is 10.2. The Morgan fingerprint density at radius 3 is 2.93 bits per heavy atom. The number of rotatable bonds is 8. The predicted octanol–water partition coefficient (Wildman–Crippen LogP) is 3.00. The number of carboxylic acids is 1. The lowest BCUT2D eigenvalue weighted by Gasteiger charge is -2.03. The van der Waals surface area contributed by atoms with Gasteiger partial charge in [-0.25, -0.2) is 15.2 Å². The number of ether oxygens (including phenoxy) is 1. The molecule has 1 aromatic heterocycles. The number of amides is 1. The summed E-state index contributed by atoms with van der Waals surface area (Å²) in [5, 5.41) is 12.5. The summed E-state index contributed by atoms with van der Waals surface area (Å²) in [6.45, 7) is -0.416. The Hall–Kier alpha value is -2.91. The molecule has 1 amide bonds. The van der Waals surface area contributed by atoms with Crippen molar-refractivity contribution in [1.82, 2.24) is 10.4 Å². The first kappa shape index (κ1) is 18.9. The monoisotopic (exact) mass is 401 g/mol. The van der Waals surface area contributed by atoms with Crippen LogP contribution in [0.4, 0.5) is 0 Å². The number of nitrogens with zero attached hydrogens (tertiary/aromatic N) is 2. The number of aliphatic carboxylic acids is 1. The standard InChI is InChI=1S/C18H15N3O4S2/c22-16(11-26-18-20-14-6-1-2-7-15(14)27-18)21-19-9-12-4-3-5-13(8-12)25-10-17(23)24/h1-9H,10-11H2,(H,21,22)(H,23,24)/b19-9-. The van der Waals surface area contributed by atoms with E-state index < -0.39 is 12.6 Å². The summed E-state index contributed by atoms with van der Waals surface area (Å²) in [6.07, 6.45) is 1.47. The van der Waals surface area contributed by atoms with E-state index in [0.717, 1.165) is 14.6 Å². The van der Waals surface area contributed by atoms with Gasteiger partial charge in [-0.05, 0) is 29.8 Å². The molecule has 0 fully saturated rings. The maximum absolute atomic E-state index is 11.9. The number of aromatic nitrogens is 1. The third-order valence-electron chi connectivity index (χ3n) is 3.22. The largest absolute Gasteiger partial charge is 0.482 e. The van der Waals surface area contributed by atoms with Gasteiger partial charge < -0.3 is 9.84 Å². The number of fused-ring (bicyclic) bond motifs is 1. The average molecular weight is 401 g/mol. The fourth-order valence-electron chi connectivity index (χ4n) is 2.08. The SMILES string of the molecule is O=C(O)COc1cccc(/C=N\NC(=O)CSc2nc3ccccc3s2)c1. The van der Waals surface area contributed by atoms with Gasteiger partial charge in [-0.2, -0.15) is 5.10 Å². The maximum atomic E-state index is 11.9. The molecule has 2 aromatic carbocycles. The molecule has 1 heterocycles. The third kappa shape index (κ3) is 5.80. The van der Waals surface area contributed by atoms with Crippen LogP contribution in [0.15, 0.2) is 58.0 Å². The summed E-state index contributed by atoms with van der Waals surface area (Å²) in [5.41, 5.74) is 4.06. The number of hydrogen-bond acceptors (Lipinski definition) is 7. The molecule has 0 atom stereocenters. The lowest BCUT2D eigenvalue weighted by molar-refractivity contribution is -0.139. The van der Waals surface area contributed by atoms with E-state index in [2.05, 4.69) is 15.5 Å². The van der Waals surface area contributed by atoms with Crippen LogP contribution in [0.3, 0.4) is 0 Å². The van der Waals surface area contributed by atoms with Gasteiger partial charge in [0.25, 0.3) is 5.91 Å². The van der Waals surface area contributed by atoms with Crippen molar-refractivity contribution in [3.05, 3.63) is 54.1 Å². The van der Waals surface area contributed by atoms with Crippen LogP contribution >= 0.6 is 23.1 Å². The average Bonchev–Trinajstić information content (AvgIpc) is 3.08. The molecule has 7 nitrogen and oxygen atoms in total. The maximum Gasteiger partial charge on any atom is 0.341 e. The molecular formula is C18H15N3O4S2. The van der Waals surface area contributed by atoms with E-state index >= 15 is 0 Å². The summed E-state index contributed by atoms with van der Waals surface area (Å²) in [7, 11) is 0. The highest BCUT2D eigenvalue weighted by Gasteiger charge is 2.07. The van der Waals surface area contributed by atoms with Gasteiger partial charge in [-0.15, -0.1) is 11.3 Å². The summed E-state index contributed by atoms with van der Waals surface area (Å²) >= 11 is 2.90. The molecule has 9 heteroatoms. The first-order valence-corrected chi connectivity index (χ1v) is 9.65. The van der Waals surface area contributed by atoms with Crippen LogP contribution in [-0.2, 0) is 9.59 Å². The summed E-state index contributed by atoms with van der Waals surface area (Å²) < 4.78 is 7.01. The predicted molar refractivity (Wildman–Crippen MR) is 106 cm³/mol. The highest BCUT2D eigenvalue weighted by molar-refractivity contribution is 8.01. The van der Waals surface area contributed by atoms with E-state index in [1.54, 1.807) is 35.6 Å². The molecule has 2 N–H and O–H groups in total. The normalized spacial score (nSPS) is 11.0. The molecule has 0 aliphatic heterocycles. The van der Waals surface area contributed by atoms with E-state index in [4.69, 9.17) is 9.84 Å². The highest BCUT2D eigenvalue weighted by atomic mass is 32.2. The van der Waals surface area contributed by atoms with Crippen molar-refractivity contribution >= 4 is 51.4 Å². The molecule has 0 saturated carbocycles. The molecule has 138 valence electrons. The number of hydrogen-bond donors (Lipinski definition) is 2. The molecule has 3 aromatic rings. The second-order valence-corrected chi connectivity index (χ2v) is 7.54. The first-order valence-electron chi connectivity index (χ1n) is 7.85. The van der Waals surface area contributed by atoms with Crippen LogP contribution in [-0.4, -0.2) is 40.5 Å². The number of thiazole rings is 1. The third-order valence-corrected chi connectivity index (χ3v) is 5.40. The summed E-state index contributed by atoms with van der Waals surface area (Å²) in [4.78, 5) is 26.9. The number of carbonyl (C=O) groups excluding carboxylic acids is 1. The van der Waals surface area contributed by atoms with Crippen LogP contribution in [0.25, 0.3) is 10.2 Å². The summed E-state index contributed by atoms with van der Waals surface area (Å²) in [5.74, 6) is -0.668. The quantitative estimate of drug-likeness (QED) is 0.342. The van der Waals surface area contributed by atoms with E-state index in [1.165, 1.54) is 18.0 Å². The smallest absolute Gasteiger partial charge is 0.341 e. The van der Waals surface area contributed by atoms with Gasteiger partial charge in [-0.1, -0.05) is 36.0 Å². The van der Waals surface area contributed by atoms with Crippen molar-refractivity contribution in [3.8, 4) is 5.75 Å². The molecule has 0 aliphatic carbocycles. The zero-order valence-corrected chi connectivity index (χ0v) is 15.6. The van der Waals surface area contributed by atoms with Gasteiger partial charge in [0.2, 0.25) is 0 Å². The second-order valence-electron chi connectivity index (χ2n) is 5.28. The minimum atomic E-state index is -1.05. The van der Waals surface area contributed by atoms with E-state index in [1.807, 2.05) is 24.3 Å². The van der Waals surface area contributed by atoms with E-state index in [0.29, 0.717) is 11.3 Å². The van der Waals surface area contributed by atoms with Gasteiger partial charge >= 0.3 is 5.97 Å². The minimum Gasteiger partial charge on any atom is -0.482 e. The van der Waals surface area contributed by atoms with Crippen molar-refractivity contribution in [2.75, 3.05) is 12.4 Å². The van der Waals surface area contributed by atoms with Gasteiger partial charge in [0.05, 0.1) is 22.2 Å². The number of thioether (sulfide) groups is 1. The number of carbonyl (C=O) groups is 2. The van der Waals surface area contributed by atoms with Crippen molar-refractivity contribution in [3.63, 3.8) is 0 Å². The Morgan fingerprint density at radius 2 is 2.11 bits per heavy atom. The van der Waals surface area contributed by atoms with Gasteiger partial charge in [0, 0.05) is 0 Å². The second kappa shape index (κ2) is 9.15. The molecule has 27 heavy (non-hydrogen) atoms. The van der Waals surface area contributed by atoms with Crippen molar-refractivity contribution in [1.29, 1.82) is 0 Å². The van der Waals surface area contributed by atoms with Crippen LogP contribution in [0.5, 0.6) is 5.75 Å². The number of benzene rings is 2. The summed E-state index contributed by atoms with van der Waals surface area (Å²) in [6, 6.07) is 14.6. The number of hydrazone groups is 1. The van der Waals surface area contributed by atoms with Gasteiger partial charge in [0.15, 0.2) is 10.9 Å². The Kier molecular flexibility index (Phi) is 6.39. The molecule has 0 bridgehead atoms. The molecule has 3 rings (SSSR count). The number of para-hydroxylation sites is 1. The molecule has 0 aliphatic rings. The van der Waals surface area contributed by atoms with Crippen LogP contribution in [0.1, 0.15) is 5.56 Å². The minimum absolute atomic E-state index is 0.207. The molecule has 0 radical (unpaired) electrons. The Bertz CT molecular complexity index is 954. The number of carboxylic acid groups (broad SMARTS) is 1. The molecular weight excluding hydrogens is 386 g/mol. The van der Waals surface area contributed by atoms with E-state index in [9.17, 15) is 9.59 Å². The number of nitrogens with one attached hydrogen (secondary N) is 1. The molecule has 0 spiro atoms. The molecule has 0 saturated heterocycles. The lowest BCUT2D eigenvalue weighted by Crippen LogP contribution is -2.19. The first-order chi connectivity index (χ1) is 13.1. The topological polar surface area (TPSA) is 101 Å². The zero-order chi connectivity index (χ0) is 19.1. The van der Waals surface area contributed by atoms with Crippen molar-refractivity contribution in [2.24, 2.45) is 5.10 Å². The van der Waals surface area contributed by atoms with Gasteiger partial charge in [0.1, 0.15) is 5.75 Å². The van der Waals surface area contributed by atoms with Crippen LogP contribution in [0, 0.1) is 0 Å². The highest BCUT2D eigenvalue weighted by Crippen LogP contribution is 2.28. The van der Waals surface area contributed by atoms with Crippen LogP contribution < -0.4 is 10.2 Å². The Morgan fingerprint density at radius 1 is 1.26 bits per heavy atom. The van der Waals surface area contributed by atoms with E-state index in [-0.39, 0.29) is 11.7 Å². The van der Waals surface area contributed by atoms with Crippen LogP contribution in [0.2, 0.25) is 0 Å². The van der Waals surface area contributed by atoms with Gasteiger partial charge in [-0.3, -0.25) is 4.79 Å². The fourth-order valence-corrected chi connectivity index (χ4v) is 3.94. The Balaban J connectivity index is 1.48. The fraction of sp³-hybridized carbons (Fsp3) is 0.111. The van der Waals surface area contributed by atoms with Crippen molar-refractivity contribution < 1.29 is 19.4 Å². The Labute approximate surface area is 163 Å². The molecule has 0 unspecified atom stereocenters.